The third-order valence-corrected chi connectivity index (χ3v) is 5.69. The van der Waals surface area contributed by atoms with E-state index in [1.807, 2.05) is 6.07 Å². The van der Waals surface area contributed by atoms with E-state index in [-0.39, 0.29) is 0 Å². The maximum absolute atomic E-state index is 6.47. The Balaban J connectivity index is 1.81. The quantitative estimate of drug-likeness (QED) is 0.756. The smallest absolute Gasteiger partial charge is 0.0441 e. The van der Waals surface area contributed by atoms with Crippen molar-refractivity contribution in [2.24, 2.45) is 11.8 Å². The first-order valence-corrected chi connectivity index (χ1v) is 8.69. The molecular formula is C18H26ClN. The first kappa shape index (κ1) is 14.4. The van der Waals surface area contributed by atoms with Crippen molar-refractivity contribution in [2.75, 3.05) is 13.1 Å². The molecule has 1 saturated heterocycles. The maximum atomic E-state index is 6.47. The topological polar surface area (TPSA) is 12.0 Å². The zero-order chi connectivity index (χ0) is 13.8. The highest BCUT2D eigenvalue weighted by Crippen LogP contribution is 2.42. The molecule has 0 aromatic heterocycles. The fraction of sp³-hybridized carbons (Fsp3) is 0.667. The first-order valence-electron chi connectivity index (χ1n) is 8.31. The monoisotopic (exact) mass is 291 g/mol. The van der Waals surface area contributed by atoms with Crippen molar-refractivity contribution >= 4 is 11.6 Å². The Morgan fingerprint density at radius 3 is 2.45 bits per heavy atom. The molecule has 0 amide bonds. The number of hydrogen-bond acceptors (Lipinski definition) is 1. The van der Waals surface area contributed by atoms with E-state index in [9.17, 15) is 0 Å². The Hall–Kier alpha value is -0.530. The molecule has 1 N–H and O–H groups in total. The summed E-state index contributed by atoms with van der Waals surface area (Å²) in [5.41, 5.74) is 1.37. The van der Waals surface area contributed by atoms with Gasteiger partial charge in [-0.1, -0.05) is 68.3 Å². The van der Waals surface area contributed by atoms with Crippen LogP contribution in [0.1, 0.15) is 56.4 Å². The van der Waals surface area contributed by atoms with E-state index in [1.54, 1.807) is 0 Å². The minimum Gasteiger partial charge on any atom is -0.316 e. The predicted octanol–water partition coefficient (Wildman–Crippen LogP) is 5.00. The van der Waals surface area contributed by atoms with Crippen LogP contribution < -0.4 is 5.32 Å². The predicted molar refractivity (Wildman–Crippen MR) is 86.4 cm³/mol. The van der Waals surface area contributed by atoms with Gasteiger partial charge in [0.15, 0.2) is 0 Å². The summed E-state index contributed by atoms with van der Waals surface area (Å²) in [6.07, 6.45) is 9.95. The van der Waals surface area contributed by atoms with Crippen LogP contribution in [0.15, 0.2) is 24.3 Å². The van der Waals surface area contributed by atoms with Crippen molar-refractivity contribution in [3.8, 4) is 0 Å². The van der Waals surface area contributed by atoms with E-state index in [0.29, 0.717) is 5.92 Å². The maximum Gasteiger partial charge on any atom is 0.0441 e. The second kappa shape index (κ2) is 6.95. The van der Waals surface area contributed by atoms with Crippen LogP contribution in [-0.4, -0.2) is 13.1 Å². The van der Waals surface area contributed by atoms with Gasteiger partial charge >= 0.3 is 0 Å². The van der Waals surface area contributed by atoms with Gasteiger partial charge < -0.3 is 5.32 Å². The van der Waals surface area contributed by atoms with Crippen molar-refractivity contribution in [2.45, 2.75) is 50.9 Å². The highest BCUT2D eigenvalue weighted by atomic mass is 35.5. The standard InChI is InChI=1S/C18H26ClN/c19-18-10-6-5-9-16(18)17-13-20-12-11-15(17)14-7-3-1-2-4-8-14/h5-6,9-10,14-15,17,20H,1-4,7-8,11-13H2. The summed E-state index contributed by atoms with van der Waals surface area (Å²) in [4.78, 5) is 0. The lowest BCUT2D eigenvalue weighted by atomic mass is 9.71. The minimum atomic E-state index is 0.612. The highest BCUT2D eigenvalue weighted by Gasteiger charge is 2.33. The van der Waals surface area contributed by atoms with Crippen molar-refractivity contribution in [1.29, 1.82) is 0 Å². The van der Waals surface area contributed by atoms with Crippen LogP contribution in [0.5, 0.6) is 0 Å². The molecule has 3 rings (SSSR count). The van der Waals surface area contributed by atoms with E-state index in [2.05, 4.69) is 23.5 Å². The van der Waals surface area contributed by atoms with Crippen molar-refractivity contribution in [3.05, 3.63) is 34.9 Å². The zero-order valence-electron chi connectivity index (χ0n) is 12.3. The van der Waals surface area contributed by atoms with Crippen LogP contribution in [0.25, 0.3) is 0 Å². The normalized spacial score (nSPS) is 29.1. The van der Waals surface area contributed by atoms with Crippen molar-refractivity contribution in [1.82, 2.24) is 5.32 Å². The second-order valence-corrected chi connectivity index (χ2v) is 6.94. The van der Waals surface area contributed by atoms with Crippen LogP contribution in [0.4, 0.5) is 0 Å². The largest absolute Gasteiger partial charge is 0.316 e. The number of benzene rings is 1. The van der Waals surface area contributed by atoms with Gasteiger partial charge in [0.25, 0.3) is 0 Å². The summed E-state index contributed by atoms with van der Waals surface area (Å²) < 4.78 is 0. The van der Waals surface area contributed by atoms with Crippen LogP contribution in [-0.2, 0) is 0 Å². The third-order valence-electron chi connectivity index (χ3n) is 5.35. The van der Waals surface area contributed by atoms with E-state index in [4.69, 9.17) is 11.6 Å². The van der Waals surface area contributed by atoms with Gasteiger partial charge in [0.1, 0.15) is 0 Å². The van der Waals surface area contributed by atoms with Crippen LogP contribution >= 0.6 is 11.6 Å². The lowest BCUT2D eigenvalue weighted by Gasteiger charge is -2.38. The minimum absolute atomic E-state index is 0.612. The molecule has 1 aliphatic carbocycles. The average molecular weight is 292 g/mol. The number of hydrogen-bond donors (Lipinski definition) is 1. The van der Waals surface area contributed by atoms with Gasteiger partial charge in [-0.05, 0) is 36.4 Å². The fourth-order valence-electron chi connectivity index (χ4n) is 4.30. The van der Waals surface area contributed by atoms with Gasteiger partial charge in [0.05, 0.1) is 0 Å². The Labute approximate surface area is 128 Å². The lowest BCUT2D eigenvalue weighted by Crippen LogP contribution is -2.38. The molecule has 20 heavy (non-hydrogen) atoms. The molecule has 1 saturated carbocycles. The fourth-order valence-corrected chi connectivity index (χ4v) is 4.57. The summed E-state index contributed by atoms with van der Waals surface area (Å²) in [5.74, 6) is 2.36. The Kier molecular flexibility index (Phi) is 5.01. The first-order chi connectivity index (χ1) is 9.86. The molecule has 2 heteroatoms. The van der Waals surface area contributed by atoms with Crippen LogP contribution in [0, 0.1) is 11.8 Å². The number of halogens is 1. The molecule has 0 spiro atoms. The molecule has 110 valence electrons. The summed E-state index contributed by atoms with van der Waals surface area (Å²) in [6, 6.07) is 8.47. The molecular weight excluding hydrogens is 266 g/mol. The SMILES string of the molecule is Clc1ccccc1C1CNCCC1C1CCCCCC1. The second-order valence-electron chi connectivity index (χ2n) is 6.54. The lowest BCUT2D eigenvalue weighted by molar-refractivity contribution is 0.205. The molecule has 2 aliphatic rings. The summed E-state index contributed by atoms with van der Waals surface area (Å²) in [5, 5.41) is 4.54. The van der Waals surface area contributed by atoms with Crippen molar-refractivity contribution < 1.29 is 0 Å². The van der Waals surface area contributed by atoms with Gasteiger partial charge in [0.2, 0.25) is 0 Å². The van der Waals surface area contributed by atoms with E-state index in [1.165, 1.54) is 57.1 Å². The molecule has 0 radical (unpaired) electrons. The third kappa shape index (κ3) is 3.20. The van der Waals surface area contributed by atoms with Gasteiger partial charge in [-0.15, -0.1) is 0 Å². The van der Waals surface area contributed by atoms with E-state index < -0.39 is 0 Å². The molecule has 1 heterocycles. The summed E-state index contributed by atoms with van der Waals surface area (Å²) in [7, 11) is 0. The molecule has 1 aromatic carbocycles. The Bertz CT molecular complexity index is 423. The Morgan fingerprint density at radius 1 is 0.950 bits per heavy atom. The molecule has 0 bridgehead atoms. The van der Waals surface area contributed by atoms with Gasteiger partial charge in [-0.3, -0.25) is 0 Å². The van der Waals surface area contributed by atoms with Crippen molar-refractivity contribution in [3.63, 3.8) is 0 Å². The number of rotatable bonds is 2. The van der Waals surface area contributed by atoms with Gasteiger partial charge in [-0.2, -0.15) is 0 Å². The van der Waals surface area contributed by atoms with Gasteiger partial charge in [0, 0.05) is 17.5 Å². The molecule has 2 unspecified atom stereocenters. The van der Waals surface area contributed by atoms with Crippen LogP contribution in [0.2, 0.25) is 5.02 Å². The van der Waals surface area contributed by atoms with Crippen LogP contribution in [0.3, 0.4) is 0 Å². The number of piperidine rings is 1. The Morgan fingerprint density at radius 2 is 1.70 bits per heavy atom. The average Bonchev–Trinajstić information content (AvgIpc) is 2.77. The van der Waals surface area contributed by atoms with Gasteiger partial charge in [-0.25, -0.2) is 0 Å². The summed E-state index contributed by atoms with van der Waals surface area (Å²) in [6.45, 7) is 2.28. The van der Waals surface area contributed by atoms with E-state index >= 15 is 0 Å². The molecule has 1 nitrogen and oxygen atoms in total. The van der Waals surface area contributed by atoms with E-state index in [0.717, 1.165) is 23.4 Å². The zero-order valence-corrected chi connectivity index (χ0v) is 13.0. The molecule has 2 fully saturated rings. The highest BCUT2D eigenvalue weighted by molar-refractivity contribution is 6.31. The molecule has 2 atom stereocenters. The number of nitrogens with one attached hydrogen (secondary N) is 1. The summed E-state index contributed by atoms with van der Waals surface area (Å²) >= 11 is 6.47. The molecule has 1 aromatic rings. The molecule has 1 aliphatic heterocycles.